The summed E-state index contributed by atoms with van der Waals surface area (Å²) in [6.45, 7) is -0.834. The van der Waals surface area contributed by atoms with Crippen molar-refractivity contribution in [2.45, 2.75) is 95.1 Å². The van der Waals surface area contributed by atoms with Crippen molar-refractivity contribution < 1.29 is 108 Å². The number of carboxylic acid groups (broad SMARTS) is 2. The van der Waals surface area contributed by atoms with E-state index in [0.29, 0.717) is 36.9 Å². The van der Waals surface area contributed by atoms with E-state index in [1.807, 2.05) is 65.1 Å². The van der Waals surface area contributed by atoms with Crippen LogP contribution in [0.5, 0.6) is 0 Å². The SMILES string of the molecule is O=C(O)c1cccc(Br)c1.O=C(ON1C(=O)CCC1=O)c1cccc([123I])c1.O=C([O-])CNC(=O)[C@H](CSCC(=O)Nc1ccc([As](O)O)cc1)NC(=O)CC[C@H](NC(=O)c1cccc([123I])c1)C(=O)O[O-].[CH3][Sn]([CH3])([CH3])[O]C(=O)c1ccc[c]([Sn]([CH3])([CH3])[CH3])c1.[CH3][Sn]([CH3])([CH3])[c]1cccc(C(=O)ON2C(=O)CCC2=O)c1. The molecule has 107 heavy (non-hydrogen) atoms. The molecule has 0 aliphatic carbocycles. The summed E-state index contributed by atoms with van der Waals surface area (Å²) in [4.78, 5) is 197. The van der Waals surface area contributed by atoms with E-state index in [2.05, 4.69) is 115 Å². The number of aliphatic carboxylic acids is 1. The maximum absolute atomic E-state index is 12.6. The molecule has 0 unspecified atom stereocenters. The van der Waals surface area contributed by atoms with Crippen LogP contribution in [0.4, 0.5) is 5.69 Å². The molecule has 2 atom stereocenters. The first-order valence-corrected chi connectivity index (χ1v) is 68.7. The molecule has 2 heterocycles. The third-order valence-corrected chi connectivity index (χ3v) is 32.6. The molecule has 0 spiro atoms. The van der Waals surface area contributed by atoms with Gasteiger partial charge >= 0.3 is 384 Å². The van der Waals surface area contributed by atoms with Crippen LogP contribution in [0.1, 0.15) is 90.3 Å². The number of aromatic carboxylic acids is 1. The molecular formula is C70H78AsBrI2N6O23SSn3-2. The first-order chi connectivity index (χ1) is 50.0. The van der Waals surface area contributed by atoms with Crippen molar-refractivity contribution in [2.24, 2.45) is 0 Å². The van der Waals surface area contributed by atoms with Crippen LogP contribution in [0.25, 0.3) is 0 Å². The molecule has 572 valence electrons. The van der Waals surface area contributed by atoms with Gasteiger partial charge < -0.3 is 35.3 Å². The number of carbonyl (C=O) groups is 14. The van der Waals surface area contributed by atoms with Crippen molar-refractivity contribution >= 4 is 244 Å². The fraction of sp³-hybridized carbons (Fsp3) is 0.286. The summed E-state index contributed by atoms with van der Waals surface area (Å²) in [6, 6.07) is 38.1. The van der Waals surface area contributed by atoms with Crippen LogP contribution in [0.3, 0.4) is 0 Å². The topological polar surface area (TPSA) is 437 Å². The van der Waals surface area contributed by atoms with E-state index >= 15 is 0 Å². The van der Waals surface area contributed by atoms with E-state index in [1.165, 1.54) is 43.6 Å². The number of hydrogen-bond acceptors (Lipinski definition) is 23. The van der Waals surface area contributed by atoms with Gasteiger partial charge in [-0.2, -0.15) is 0 Å². The minimum absolute atomic E-state index is 0.0957. The standard InChI is InChI=1S/C25H28AsIN4O11S.C11H8INO4.C11H8NO4.C7H5BrO2.C7H5O2.9CH3.3Sn/c27-16-3-1-2-14(10-16)23(36)31-18(25(38)42-41)8-9-20(32)30-19(24(37)28-11-22(34)35)12-43-13-21(33)29-17-6-4-15(5-7-17)26(39)40;12-8-3-1-2-7(6-8)11(16)17-13-9(14)4-5-10(13)15;13-9-6-7-10(14)12(9)16-11(15)8-4-2-1-3-5-8;8-6-3-1-2-5(4-6)7(9)10;8-7(9)6-4-2-1-3-5-6;;;;;;;;;;;;/h1-7,10,18-19,39-41H,8-9,11-13H2,(H,28,37)(H,29,33)(H,30,32)(H,31,36)(H,34,35);1-3,6H,4-5H2;1-2,4-5H,6-7H2;1-4H,(H,9,10);1-2,4-5H,(H,8,9);9*1H3;;;/q;;;;;;;;;;;;;;;;+1/p-3/t18-,19-;;;;;;;;;;;;;;;;/m0................/s1/i27-4;12-4;;;;;;;;;;;;;;;. The molecule has 8 amide bonds. The van der Waals surface area contributed by atoms with E-state index in [-0.39, 0.29) is 55.1 Å². The van der Waals surface area contributed by atoms with Gasteiger partial charge in [0.1, 0.15) is 6.04 Å². The van der Waals surface area contributed by atoms with Gasteiger partial charge in [0.25, 0.3) is 17.7 Å². The number of rotatable bonds is 25. The van der Waals surface area contributed by atoms with E-state index in [4.69, 9.17) is 17.9 Å². The predicted octanol–water partition coefficient (Wildman–Crippen LogP) is 4.73. The molecule has 2 aliphatic heterocycles. The van der Waals surface area contributed by atoms with Gasteiger partial charge in [0.15, 0.2) is 0 Å². The zero-order chi connectivity index (χ0) is 80.1. The molecule has 29 nitrogen and oxygen atoms in total. The van der Waals surface area contributed by atoms with Crippen LogP contribution in [-0.2, 0) is 60.8 Å². The Morgan fingerprint density at radius 2 is 1.03 bits per heavy atom. The Balaban J connectivity index is 0.000000313. The molecule has 2 fully saturated rings. The van der Waals surface area contributed by atoms with Gasteiger partial charge in [-0.25, -0.2) is 9.59 Å². The fourth-order valence-electron chi connectivity index (χ4n) is 8.72. The second-order valence-corrected chi connectivity index (χ2v) is 74.4. The van der Waals surface area contributed by atoms with Crippen molar-refractivity contribution in [3.8, 4) is 0 Å². The number of amides is 8. The Kier molecular flexibility index (Phi) is 39.0. The van der Waals surface area contributed by atoms with E-state index < -0.39 is 173 Å². The first-order valence-electron chi connectivity index (χ1n) is 32.2. The molecule has 6 aromatic carbocycles. The number of benzene rings is 6. The van der Waals surface area contributed by atoms with Crippen LogP contribution < -0.4 is 43.1 Å². The molecule has 0 bridgehead atoms. The first kappa shape index (κ1) is 92.8. The Hall–Kier alpha value is -6.58. The van der Waals surface area contributed by atoms with Gasteiger partial charge in [0, 0.05) is 36.4 Å². The second-order valence-electron chi connectivity index (χ2n) is 26.0. The zero-order valence-electron chi connectivity index (χ0n) is 59.3. The number of nitrogens with one attached hydrogen (secondary N) is 4. The third-order valence-electron chi connectivity index (χ3n) is 14.2. The summed E-state index contributed by atoms with van der Waals surface area (Å²) in [5, 5.41) is 40.5. The van der Waals surface area contributed by atoms with Crippen molar-refractivity contribution in [1.29, 1.82) is 0 Å². The normalized spacial score (nSPS) is 13.0. The predicted molar refractivity (Wildman–Crippen MR) is 419 cm³/mol. The summed E-state index contributed by atoms with van der Waals surface area (Å²) in [5.74, 6) is -10.3. The quantitative estimate of drug-likeness (QED) is 0.0134. The average Bonchev–Trinajstić information content (AvgIpc) is 1.28. The number of nitrogens with zero attached hydrogens (tertiary/aromatic N) is 2. The summed E-state index contributed by atoms with van der Waals surface area (Å²) >= 11 is -1.74. The second kappa shape index (κ2) is 44.9. The number of carbonyl (C=O) groups excluding carboxylic acids is 13. The monoisotopic (exact) mass is 2160 g/mol. The van der Waals surface area contributed by atoms with Gasteiger partial charge in [-0.1, -0.05) is 34.1 Å². The van der Waals surface area contributed by atoms with Crippen molar-refractivity contribution in [2.75, 3.05) is 23.4 Å². The molecule has 8 rings (SSSR count). The van der Waals surface area contributed by atoms with Crippen LogP contribution >= 0.6 is 72.9 Å². The summed E-state index contributed by atoms with van der Waals surface area (Å²) in [6.07, 6.45) is -0.407. The van der Waals surface area contributed by atoms with Crippen LogP contribution in [0, 0.1) is 7.14 Å². The van der Waals surface area contributed by atoms with Crippen LogP contribution in [-0.4, -0.2) is 208 Å². The molecule has 7 N–H and O–H groups in total. The molecule has 0 aromatic heterocycles. The Labute approximate surface area is 674 Å². The Morgan fingerprint density at radius 3 is 1.46 bits per heavy atom. The van der Waals surface area contributed by atoms with Crippen molar-refractivity contribution in [3.05, 3.63) is 185 Å². The maximum atomic E-state index is 12.6. The number of hydrogen-bond donors (Lipinski definition) is 7. The molecule has 0 saturated carbocycles. The molecule has 2 aliphatic rings. The molecule has 6 aromatic rings. The van der Waals surface area contributed by atoms with Crippen LogP contribution in [0.15, 0.2) is 150 Å². The molecule has 2 saturated heterocycles. The number of carboxylic acids is 2. The van der Waals surface area contributed by atoms with Crippen molar-refractivity contribution in [1.82, 2.24) is 26.1 Å². The average molecular weight is 2160 g/mol. The van der Waals surface area contributed by atoms with Gasteiger partial charge in [-0.05, 0) is 106 Å². The number of halogens is 3. The van der Waals surface area contributed by atoms with Gasteiger partial charge in [-0.3, -0.25) is 24.0 Å². The Morgan fingerprint density at radius 1 is 0.579 bits per heavy atom. The van der Waals surface area contributed by atoms with E-state index in [1.54, 1.807) is 60.7 Å². The molecular weight excluding hydrogens is 2080 g/mol. The minimum atomic E-state index is -3.04. The van der Waals surface area contributed by atoms with Gasteiger partial charge in [-0.15, -0.1) is 5.06 Å². The number of imide groups is 2. The van der Waals surface area contributed by atoms with E-state index in [0.717, 1.165) is 28.9 Å². The summed E-state index contributed by atoms with van der Waals surface area (Å²) in [5.41, 5.74) is 2.30. The number of hydroxylamine groups is 4. The molecule has 0 radical (unpaired) electrons. The molecule has 37 heteroatoms. The number of anilines is 1. The summed E-state index contributed by atoms with van der Waals surface area (Å²) < 4.78 is 29.5. The van der Waals surface area contributed by atoms with Gasteiger partial charge in [0.2, 0.25) is 0 Å². The fourth-order valence-corrected chi connectivity index (χ4v) is 20.6. The van der Waals surface area contributed by atoms with Crippen molar-refractivity contribution in [3.63, 3.8) is 0 Å². The number of thioether (sulfide) groups is 1. The Bertz CT molecular complexity index is 4210. The van der Waals surface area contributed by atoms with E-state index in [9.17, 15) is 85.7 Å². The zero-order valence-corrected chi connectivity index (χ0v) is 76.4. The summed E-state index contributed by atoms with van der Waals surface area (Å²) in [7, 11) is 0. The van der Waals surface area contributed by atoms with Gasteiger partial charge in [0.05, 0.1) is 23.6 Å². The van der Waals surface area contributed by atoms with Crippen LogP contribution in [0.2, 0.25) is 44.5 Å². The third kappa shape index (κ3) is 34.1.